The quantitative estimate of drug-likeness (QED) is 0.459. The van der Waals surface area contributed by atoms with Gasteiger partial charge < -0.3 is 9.47 Å². The number of rotatable bonds is 4. The Kier molecular flexibility index (Phi) is 5.20. The van der Waals surface area contributed by atoms with Gasteiger partial charge in [-0.25, -0.2) is 0 Å². The molecule has 0 radical (unpaired) electrons. The van der Waals surface area contributed by atoms with E-state index in [1.807, 2.05) is 20.8 Å². The monoisotopic (exact) mass is 408 g/mol. The number of benzene rings is 1. The molecule has 2 saturated carbocycles. The van der Waals surface area contributed by atoms with Crippen LogP contribution in [-0.4, -0.2) is 18.7 Å². The third kappa shape index (κ3) is 2.98. The number of ether oxygens (including phenoxy) is 2. The van der Waals surface area contributed by atoms with Crippen LogP contribution >= 0.6 is 0 Å². The maximum Gasteiger partial charge on any atom is 0.313 e. The molecule has 0 aromatic heterocycles. The molecule has 5 atom stereocenters. The molecule has 4 rings (SSSR count). The summed E-state index contributed by atoms with van der Waals surface area (Å²) in [6, 6.07) is 6.60. The number of aryl methyl sites for hydroxylation is 1. The van der Waals surface area contributed by atoms with Crippen molar-refractivity contribution in [2.45, 2.75) is 84.2 Å². The Morgan fingerprint density at radius 2 is 2.03 bits per heavy atom. The molecule has 3 aliphatic rings. The van der Waals surface area contributed by atoms with E-state index in [1.54, 1.807) is 7.11 Å². The third-order valence-corrected chi connectivity index (χ3v) is 8.99. The summed E-state index contributed by atoms with van der Waals surface area (Å²) in [5.41, 5.74) is 1.52. The van der Waals surface area contributed by atoms with Crippen molar-refractivity contribution in [1.82, 2.24) is 0 Å². The fourth-order valence-electron chi connectivity index (χ4n) is 6.56. The molecule has 0 bridgehead atoms. The summed E-state index contributed by atoms with van der Waals surface area (Å²) in [4.78, 5) is 13.0. The fraction of sp³-hybridized carbons (Fsp3) is 0.667. The number of esters is 1. The molecule has 0 amide bonds. The Morgan fingerprint density at radius 3 is 2.70 bits per heavy atom. The molecular formula is C27H36O3. The molecule has 1 unspecified atom stereocenters. The van der Waals surface area contributed by atoms with Crippen LogP contribution in [0.2, 0.25) is 0 Å². The van der Waals surface area contributed by atoms with Gasteiger partial charge in [-0.15, -0.1) is 6.42 Å². The zero-order valence-electron chi connectivity index (χ0n) is 19.2. The van der Waals surface area contributed by atoms with Crippen molar-refractivity contribution >= 4 is 5.97 Å². The van der Waals surface area contributed by atoms with Crippen molar-refractivity contribution in [2.24, 2.45) is 22.7 Å². The molecule has 1 aromatic carbocycles. The van der Waals surface area contributed by atoms with Crippen LogP contribution in [0.25, 0.3) is 0 Å². The average Bonchev–Trinajstić information content (AvgIpc) is 3.05. The van der Waals surface area contributed by atoms with E-state index in [0.717, 1.165) is 44.3 Å². The lowest BCUT2D eigenvalue weighted by molar-refractivity contribution is -0.178. The third-order valence-electron chi connectivity index (χ3n) is 8.99. The van der Waals surface area contributed by atoms with Gasteiger partial charge >= 0.3 is 5.97 Å². The Bertz CT molecular complexity index is 879. The number of methoxy groups -OCH3 is 1. The maximum absolute atomic E-state index is 13.0. The molecule has 3 nitrogen and oxygen atoms in total. The van der Waals surface area contributed by atoms with Gasteiger partial charge in [-0.2, -0.15) is 0 Å². The lowest BCUT2D eigenvalue weighted by atomic mass is 9.53. The summed E-state index contributed by atoms with van der Waals surface area (Å²) in [6.45, 7) is 8.24. The van der Waals surface area contributed by atoms with Crippen molar-refractivity contribution in [2.75, 3.05) is 7.11 Å². The SMILES string of the molecule is C#CC1(OC(=O)C(C)(C)CC)CC[C@H]2[C@@H]3CCc4cc(OC)ccc4[C@H]3CC[C@@]21C. The van der Waals surface area contributed by atoms with Gasteiger partial charge in [-0.3, -0.25) is 4.79 Å². The van der Waals surface area contributed by atoms with Crippen LogP contribution < -0.4 is 4.74 Å². The molecular weight excluding hydrogens is 372 g/mol. The number of carbonyl (C=O) groups is 1. The van der Waals surface area contributed by atoms with Crippen molar-refractivity contribution in [3.63, 3.8) is 0 Å². The van der Waals surface area contributed by atoms with Gasteiger partial charge in [0.15, 0.2) is 5.60 Å². The minimum absolute atomic E-state index is 0.145. The van der Waals surface area contributed by atoms with E-state index < -0.39 is 11.0 Å². The molecule has 0 aliphatic heterocycles. The molecule has 0 heterocycles. The van der Waals surface area contributed by atoms with Gasteiger partial charge in [-0.1, -0.05) is 25.8 Å². The first-order chi connectivity index (χ1) is 14.2. The van der Waals surface area contributed by atoms with E-state index in [0.29, 0.717) is 17.8 Å². The average molecular weight is 409 g/mol. The van der Waals surface area contributed by atoms with Crippen LogP contribution in [0.15, 0.2) is 18.2 Å². The summed E-state index contributed by atoms with van der Waals surface area (Å²) in [6.07, 6.45) is 13.1. The van der Waals surface area contributed by atoms with Crippen molar-refractivity contribution < 1.29 is 14.3 Å². The van der Waals surface area contributed by atoms with E-state index in [1.165, 1.54) is 17.5 Å². The Balaban J connectivity index is 1.63. The topological polar surface area (TPSA) is 35.5 Å². The number of terminal acetylenes is 1. The summed E-state index contributed by atoms with van der Waals surface area (Å²) >= 11 is 0. The van der Waals surface area contributed by atoms with E-state index in [2.05, 4.69) is 31.0 Å². The summed E-state index contributed by atoms with van der Waals surface area (Å²) in [5.74, 6) is 5.51. The Hall–Kier alpha value is -1.95. The summed E-state index contributed by atoms with van der Waals surface area (Å²) in [7, 11) is 1.73. The highest BCUT2D eigenvalue weighted by Gasteiger charge is 2.64. The minimum Gasteiger partial charge on any atom is -0.497 e. The lowest BCUT2D eigenvalue weighted by Gasteiger charge is -2.53. The molecule has 1 aromatic rings. The number of hydrogen-bond acceptors (Lipinski definition) is 3. The standard InChI is InChI=1S/C27H36O3/c1-7-25(3,4)24(28)30-27(8-2)16-14-23-22-11-9-18-17-19(29-6)10-12-20(18)21(22)13-15-26(23,27)5/h2,10,12,17,21-23H,7,9,11,13-16H2,1,3-6H3/t21-,22-,23+,26+,27?/m1/s1. The second-order valence-corrected chi connectivity index (χ2v) is 10.6. The second-order valence-electron chi connectivity index (χ2n) is 10.6. The van der Waals surface area contributed by atoms with Crippen LogP contribution in [0.3, 0.4) is 0 Å². The zero-order chi connectivity index (χ0) is 21.7. The molecule has 0 spiro atoms. The van der Waals surface area contributed by atoms with Crippen LogP contribution in [0, 0.1) is 35.0 Å². The van der Waals surface area contributed by atoms with Gasteiger partial charge in [0, 0.05) is 5.41 Å². The normalized spacial score (nSPS) is 34.9. The van der Waals surface area contributed by atoms with Crippen LogP contribution in [0.5, 0.6) is 5.75 Å². The highest BCUT2D eigenvalue weighted by atomic mass is 16.6. The highest BCUT2D eigenvalue weighted by molar-refractivity contribution is 5.76. The smallest absolute Gasteiger partial charge is 0.313 e. The molecule has 3 aliphatic carbocycles. The van der Waals surface area contributed by atoms with Gasteiger partial charge in [0.2, 0.25) is 0 Å². The highest BCUT2D eigenvalue weighted by Crippen LogP contribution is 2.65. The second kappa shape index (κ2) is 7.33. The van der Waals surface area contributed by atoms with Crippen LogP contribution in [0.4, 0.5) is 0 Å². The molecule has 3 heteroatoms. The molecule has 0 N–H and O–H groups in total. The van der Waals surface area contributed by atoms with Crippen molar-refractivity contribution in [3.8, 4) is 18.1 Å². The zero-order valence-corrected chi connectivity index (χ0v) is 19.2. The number of carbonyl (C=O) groups excluding carboxylic acids is 1. The van der Waals surface area contributed by atoms with Gasteiger partial charge in [0.05, 0.1) is 12.5 Å². The summed E-state index contributed by atoms with van der Waals surface area (Å²) < 4.78 is 11.7. The largest absolute Gasteiger partial charge is 0.497 e. The van der Waals surface area contributed by atoms with E-state index in [-0.39, 0.29) is 11.4 Å². The van der Waals surface area contributed by atoms with Crippen LogP contribution in [-0.2, 0) is 16.0 Å². The maximum atomic E-state index is 13.0. The van der Waals surface area contributed by atoms with Gasteiger partial charge in [0.1, 0.15) is 5.75 Å². The van der Waals surface area contributed by atoms with Gasteiger partial charge in [0.25, 0.3) is 0 Å². The lowest BCUT2D eigenvalue weighted by Crippen LogP contribution is -2.53. The van der Waals surface area contributed by atoms with Crippen LogP contribution in [0.1, 0.15) is 83.3 Å². The first kappa shape index (κ1) is 21.3. The predicted octanol–water partition coefficient (Wildman–Crippen LogP) is 5.90. The first-order valence-electron chi connectivity index (χ1n) is 11.6. The molecule has 162 valence electrons. The van der Waals surface area contributed by atoms with E-state index in [9.17, 15) is 4.79 Å². The summed E-state index contributed by atoms with van der Waals surface area (Å²) in [5, 5.41) is 0. The predicted molar refractivity (Wildman–Crippen MR) is 119 cm³/mol. The number of fused-ring (bicyclic) bond motifs is 5. The molecule has 2 fully saturated rings. The molecule has 0 saturated heterocycles. The van der Waals surface area contributed by atoms with E-state index in [4.69, 9.17) is 15.9 Å². The Morgan fingerprint density at radius 1 is 1.27 bits per heavy atom. The minimum atomic E-state index is -0.771. The fourth-order valence-corrected chi connectivity index (χ4v) is 6.56. The van der Waals surface area contributed by atoms with Crippen molar-refractivity contribution in [3.05, 3.63) is 29.3 Å². The van der Waals surface area contributed by atoms with Crippen molar-refractivity contribution in [1.29, 1.82) is 0 Å². The Labute approximate surface area is 181 Å². The number of hydrogen-bond donors (Lipinski definition) is 0. The van der Waals surface area contributed by atoms with E-state index >= 15 is 0 Å². The molecule has 30 heavy (non-hydrogen) atoms. The van der Waals surface area contributed by atoms with Gasteiger partial charge in [-0.05, 0) is 99.8 Å². The first-order valence-corrected chi connectivity index (χ1v) is 11.6.